The first-order valence-electron chi connectivity index (χ1n) is 10.1. The topological polar surface area (TPSA) is 92.8 Å². The molecule has 3 aromatic rings. The lowest BCUT2D eigenvalue weighted by atomic mass is 10.0. The number of sulfonamides is 2. The number of rotatable bonds is 6. The van der Waals surface area contributed by atoms with Gasteiger partial charge in [-0.15, -0.1) is 0 Å². The second-order valence-corrected chi connectivity index (χ2v) is 11.1. The molecule has 7 nitrogen and oxygen atoms in total. The zero-order chi connectivity index (χ0) is 22.9. The number of nitrogens with zero attached hydrogens (tertiary/aromatic N) is 1. The summed E-state index contributed by atoms with van der Waals surface area (Å²) in [4.78, 5) is 0.356. The zero-order valence-corrected chi connectivity index (χ0v) is 19.4. The largest absolute Gasteiger partial charge is 0.496 e. The van der Waals surface area contributed by atoms with Crippen LogP contribution in [0, 0.1) is 6.92 Å². The molecule has 0 saturated carbocycles. The van der Waals surface area contributed by atoms with Gasteiger partial charge in [0, 0.05) is 12.2 Å². The molecule has 1 heterocycles. The van der Waals surface area contributed by atoms with Gasteiger partial charge in [0.05, 0.1) is 22.6 Å². The molecule has 0 radical (unpaired) electrons. The van der Waals surface area contributed by atoms with E-state index in [4.69, 9.17) is 4.74 Å². The number of hydrogen-bond acceptors (Lipinski definition) is 5. The molecule has 9 heteroatoms. The minimum Gasteiger partial charge on any atom is -0.496 e. The molecule has 1 aliphatic heterocycles. The van der Waals surface area contributed by atoms with Crippen molar-refractivity contribution in [2.45, 2.75) is 29.6 Å². The van der Waals surface area contributed by atoms with E-state index in [0.29, 0.717) is 42.1 Å². The predicted molar refractivity (Wildman–Crippen MR) is 124 cm³/mol. The van der Waals surface area contributed by atoms with E-state index >= 15 is 0 Å². The highest BCUT2D eigenvalue weighted by molar-refractivity contribution is 7.93. The van der Waals surface area contributed by atoms with Crippen molar-refractivity contribution in [1.82, 2.24) is 0 Å². The average molecular weight is 473 g/mol. The van der Waals surface area contributed by atoms with E-state index in [1.807, 2.05) is 0 Å². The molecule has 3 aromatic carbocycles. The van der Waals surface area contributed by atoms with Crippen molar-refractivity contribution in [1.29, 1.82) is 0 Å². The number of fused-ring (bicyclic) bond motifs is 1. The quantitative estimate of drug-likeness (QED) is 0.587. The third-order valence-electron chi connectivity index (χ3n) is 5.42. The van der Waals surface area contributed by atoms with Gasteiger partial charge in [0.15, 0.2) is 0 Å². The van der Waals surface area contributed by atoms with E-state index < -0.39 is 20.0 Å². The monoisotopic (exact) mass is 472 g/mol. The van der Waals surface area contributed by atoms with Gasteiger partial charge in [0.1, 0.15) is 5.75 Å². The Morgan fingerprint density at radius 3 is 2.34 bits per heavy atom. The predicted octanol–water partition coefficient (Wildman–Crippen LogP) is 3.95. The van der Waals surface area contributed by atoms with Crippen LogP contribution in [0.2, 0.25) is 0 Å². The maximum atomic E-state index is 13.1. The Hall–Kier alpha value is -3.04. The Morgan fingerprint density at radius 2 is 1.66 bits per heavy atom. The van der Waals surface area contributed by atoms with Crippen LogP contribution in [0.25, 0.3) is 0 Å². The first-order valence-corrected chi connectivity index (χ1v) is 13.0. The van der Waals surface area contributed by atoms with Gasteiger partial charge in [0.2, 0.25) is 0 Å². The van der Waals surface area contributed by atoms with Crippen molar-refractivity contribution < 1.29 is 21.6 Å². The normalized spacial score (nSPS) is 14.0. The molecule has 168 valence electrons. The zero-order valence-electron chi connectivity index (χ0n) is 17.8. The van der Waals surface area contributed by atoms with Crippen molar-refractivity contribution >= 4 is 31.4 Å². The standard InChI is InChI=1S/C23H24N2O5S2/c1-17-15-21(11-13-23(17)30-2)31(26,27)24-19-10-12-22-18(16-19)7-6-14-25(22)32(28,29)20-8-4-3-5-9-20/h3-5,8-13,15-16,24H,6-7,14H2,1-2H3. The molecule has 0 spiro atoms. The molecular weight excluding hydrogens is 448 g/mol. The summed E-state index contributed by atoms with van der Waals surface area (Å²) in [7, 11) is -5.97. The lowest BCUT2D eigenvalue weighted by Gasteiger charge is -2.31. The third kappa shape index (κ3) is 4.18. The van der Waals surface area contributed by atoms with Crippen molar-refractivity contribution in [3.8, 4) is 5.75 Å². The van der Waals surface area contributed by atoms with E-state index in [1.165, 1.54) is 17.5 Å². The molecule has 0 aromatic heterocycles. The first-order chi connectivity index (χ1) is 15.2. The van der Waals surface area contributed by atoms with Crippen LogP contribution in [-0.2, 0) is 26.5 Å². The number of anilines is 2. The molecule has 1 aliphatic rings. The highest BCUT2D eigenvalue weighted by atomic mass is 32.2. The molecule has 0 amide bonds. The smallest absolute Gasteiger partial charge is 0.264 e. The number of ether oxygens (including phenoxy) is 1. The van der Waals surface area contributed by atoms with Crippen molar-refractivity contribution in [3.63, 3.8) is 0 Å². The summed E-state index contributed by atoms with van der Waals surface area (Å²) < 4.78 is 61.2. The van der Waals surface area contributed by atoms with Crippen LogP contribution in [0.4, 0.5) is 11.4 Å². The maximum absolute atomic E-state index is 13.1. The van der Waals surface area contributed by atoms with Crippen molar-refractivity contribution in [2.75, 3.05) is 22.7 Å². The number of aryl methyl sites for hydroxylation is 2. The average Bonchev–Trinajstić information content (AvgIpc) is 2.78. The van der Waals surface area contributed by atoms with Crippen molar-refractivity contribution in [2.24, 2.45) is 0 Å². The molecule has 1 N–H and O–H groups in total. The fourth-order valence-corrected chi connectivity index (χ4v) is 6.52. The van der Waals surface area contributed by atoms with Gasteiger partial charge in [-0.1, -0.05) is 18.2 Å². The van der Waals surface area contributed by atoms with E-state index in [1.54, 1.807) is 67.6 Å². The summed E-state index contributed by atoms with van der Waals surface area (Å²) in [6.07, 6.45) is 1.31. The Kier molecular flexibility index (Phi) is 5.87. The van der Waals surface area contributed by atoms with Crippen LogP contribution in [-0.4, -0.2) is 30.5 Å². The van der Waals surface area contributed by atoms with Crippen LogP contribution < -0.4 is 13.8 Å². The molecule has 0 aliphatic carbocycles. The van der Waals surface area contributed by atoms with Gasteiger partial charge >= 0.3 is 0 Å². The van der Waals surface area contributed by atoms with Crippen LogP contribution >= 0.6 is 0 Å². The SMILES string of the molecule is COc1ccc(S(=O)(=O)Nc2ccc3c(c2)CCCN3S(=O)(=O)c2ccccc2)cc1C. The van der Waals surface area contributed by atoms with E-state index in [2.05, 4.69) is 4.72 Å². The number of nitrogens with one attached hydrogen (secondary N) is 1. The molecular formula is C23H24N2O5S2. The summed E-state index contributed by atoms with van der Waals surface area (Å²) >= 11 is 0. The second kappa shape index (κ2) is 8.48. The molecule has 32 heavy (non-hydrogen) atoms. The van der Waals surface area contributed by atoms with Gasteiger partial charge < -0.3 is 4.74 Å². The molecule has 4 rings (SSSR count). The second-order valence-electron chi connectivity index (χ2n) is 7.57. The lowest BCUT2D eigenvalue weighted by molar-refractivity contribution is 0.411. The van der Waals surface area contributed by atoms with Crippen molar-refractivity contribution in [3.05, 3.63) is 77.9 Å². The first kappa shape index (κ1) is 22.2. The Balaban J connectivity index is 1.64. The van der Waals surface area contributed by atoms with Gasteiger partial charge in [-0.3, -0.25) is 9.03 Å². The summed E-state index contributed by atoms with van der Waals surface area (Å²) in [6, 6.07) is 17.9. The molecule has 0 fully saturated rings. The minimum atomic E-state index is -3.81. The summed E-state index contributed by atoms with van der Waals surface area (Å²) in [6.45, 7) is 2.15. The van der Waals surface area contributed by atoms with E-state index in [9.17, 15) is 16.8 Å². The summed E-state index contributed by atoms with van der Waals surface area (Å²) in [5.74, 6) is 0.609. The number of benzene rings is 3. The molecule has 0 atom stereocenters. The van der Waals surface area contributed by atoms with Gasteiger partial charge in [-0.05, 0) is 79.4 Å². The molecule has 0 unspecified atom stereocenters. The van der Waals surface area contributed by atoms with E-state index in [0.717, 1.165) is 5.56 Å². The highest BCUT2D eigenvalue weighted by Crippen LogP contribution is 2.34. The fourth-order valence-electron chi connectivity index (χ4n) is 3.83. The lowest BCUT2D eigenvalue weighted by Crippen LogP contribution is -2.35. The Labute approximate surface area is 188 Å². The molecule has 0 bridgehead atoms. The van der Waals surface area contributed by atoms with Gasteiger partial charge in [-0.2, -0.15) is 0 Å². The Morgan fingerprint density at radius 1 is 0.906 bits per heavy atom. The van der Waals surface area contributed by atoms with Gasteiger partial charge in [-0.25, -0.2) is 16.8 Å². The van der Waals surface area contributed by atoms with E-state index in [-0.39, 0.29) is 9.79 Å². The van der Waals surface area contributed by atoms with Crippen LogP contribution in [0.1, 0.15) is 17.5 Å². The molecule has 0 saturated heterocycles. The third-order valence-corrected chi connectivity index (χ3v) is 8.62. The van der Waals surface area contributed by atoms with Gasteiger partial charge in [0.25, 0.3) is 20.0 Å². The highest BCUT2D eigenvalue weighted by Gasteiger charge is 2.29. The van der Waals surface area contributed by atoms with Crippen LogP contribution in [0.5, 0.6) is 5.75 Å². The maximum Gasteiger partial charge on any atom is 0.264 e. The Bertz CT molecular complexity index is 1350. The fraction of sp³-hybridized carbons (Fsp3) is 0.217. The number of hydrogen-bond donors (Lipinski definition) is 1. The summed E-state index contributed by atoms with van der Waals surface area (Å²) in [5.41, 5.74) is 2.45. The van der Waals surface area contributed by atoms with Crippen LogP contribution in [0.15, 0.2) is 76.5 Å². The summed E-state index contributed by atoms with van der Waals surface area (Å²) in [5, 5.41) is 0. The van der Waals surface area contributed by atoms with Crippen LogP contribution in [0.3, 0.4) is 0 Å². The minimum absolute atomic E-state index is 0.127. The number of methoxy groups -OCH3 is 1.